The highest BCUT2D eigenvalue weighted by atomic mass is 16.4. The largest absolute Gasteiger partial charge is 0.394 e. The summed E-state index contributed by atoms with van der Waals surface area (Å²) >= 11 is 0. The lowest BCUT2D eigenvalue weighted by molar-refractivity contribution is -0.149. The summed E-state index contributed by atoms with van der Waals surface area (Å²) in [5, 5.41) is 48.2. The van der Waals surface area contributed by atoms with E-state index < -0.39 is 36.9 Å². The standard InChI is InChI=1S/C10H21NO6/c1-3-5(2)11-10(17)9(16)8(15)7(14)6(13)4-12/h5-9,12-16H,3-4H2,1-2H3,(H,11,17)/t5-,6+,7+,8-,9+/m0/s1. The van der Waals surface area contributed by atoms with Crippen LogP contribution in [0.25, 0.3) is 0 Å². The summed E-state index contributed by atoms with van der Waals surface area (Å²) in [6.45, 7) is 2.77. The van der Waals surface area contributed by atoms with Crippen LogP contribution in [0.3, 0.4) is 0 Å². The van der Waals surface area contributed by atoms with E-state index in [2.05, 4.69) is 5.32 Å². The third-order valence-corrected chi connectivity index (χ3v) is 2.52. The maximum absolute atomic E-state index is 11.4. The highest BCUT2D eigenvalue weighted by Crippen LogP contribution is 2.05. The minimum absolute atomic E-state index is 0.177. The average molecular weight is 251 g/mol. The van der Waals surface area contributed by atoms with E-state index in [-0.39, 0.29) is 6.04 Å². The lowest BCUT2D eigenvalue weighted by Gasteiger charge is -2.25. The molecule has 0 bridgehead atoms. The number of nitrogens with one attached hydrogen (secondary N) is 1. The zero-order valence-corrected chi connectivity index (χ0v) is 9.95. The van der Waals surface area contributed by atoms with Crippen LogP contribution in [-0.2, 0) is 4.79 Å². The smallest absolute Gasteiger partial charge is 0.251 e. The molecule has 7 heteroatoms. The molecule has 0 aliphatic rings. The molecule has 0 heterocycles. The van der Waals surface area contributed by atoms with Gasteiger partial charge in [0.05, 0.1) is 6.61 Å². The summed E-state index contributed by atoms with van der Waals surface area (Å²) < 4.78 is 0. The Kier molecular flexibility index (Phi) is 7.24. The summed E-state index contributed by atoms with van der Waals surface area (Å²) in [4.78, 5) is 11.4. The monoisotopic (exact) mass is 251 g/mol. The van der Waals surface area contributed by atoms with Gasteiger partial charge in [0.1, 0.15) is 18.3 Å². The molecule has 1 amide bonds. The Morgan fingerprint density at radius 3 is 2.12 bits per heavy atom. The van der Waals surface area contributed by atoms with Gasteiger partial charge < -0.3 is 30.8 Å². The molecule has 17 heavy (non-hydrogen) atoms. The third-order valence-electron chi connectivity index (χ3n) is 2.52. The van der Waals surface area contributed by atoms with Crippen molar-refractivity contribution in [2.45, 2.75) is 50.7 Å². The first-order valence-corrected chi connectivity index (χ1v) is 5.48. The Morgan fingerprint density at radius 2 is 1.71 bits per heavy atom. The van der Waals surface area contributed by atoms with Crippen molar-refractivity contribution in [2.75, 3.05) is 6.61 Å². The van der Waals surface area contributed by atoms with Crippen LogP contribution in [0.2, 0.25) is 0 Å². The first-order chi connectivity index (χ1) is 7.84. The SMILES string of the molecule is CC[C@H](C)NC(=O)[C@H](O)[C@@H](O)[C@H](O)[C@H](O)CO. The second-order valence-electron chi connectivity index (χ2n) is 3.99. The minimum Gasteiger partial charge on any atom is -0.394 e. The maximum atomic E-state index is 11.4. The van der Waals surface area contributed by atoms with E-state index in [0.717, 1.165) is 0 Å². The molecule has 0 radical (unpaired) electrons. The van der Waals surface area contributed by atoms with Gasteiger partial charge in [0.15, 0.2) is 6.10 Å². The Labute approximate surface area is 99.7 Å². The van der Waals surface area contributed by atoms with Gasteiger partial charge in [-0.15, -0.1) is 0 Å². The van der Waals surface area contributed by atoms with E-state index in [4.69, 9.17) is 10.2 Å². The van der Waals surface area contributed by atoms with Crippen LogP contribution in [0.1, 0.15) is 20.3 Å². The average Bonchev–Trinajstić information content (AvgIpc) is 2.34. The molecule has 0 aromatic carbocycles. The molecule has 0 aliphatic carbocycles. The summed E-state index contributed by atoms with van der Waals surface area (Å²) in [5.41, 5.74) is 0. The van der Waals surface area contributed by atoms with Gasteiger partial charge in [-0.1, -0.05) is 6.92 Å². The molecule has 0 aromatic heterocycles. The van der Waals surface area contributed by atoms with Crippen LogP contribution < -0.4 is 5.32 Å². The van der Waals surface area contributed by atoms with E-state index in [9.17, 15) is 20.1 Å². The van der Waals surface area contributed by atoms with Gasteiger partial charge in [-0.05, 0) is 13.3 Å². The van der Waals surface area contributed by atoms with Gasteiger partial charge in [-0.2, -0.15) is 0 Å². The molecule has 0 rings (SSSR count). The predicted octanol–water partition coefficient (Wildman–Crippen LogP) is -2.66. The molecule has 5 atom stereocenters. The van der Waals surface area contributed by atoms with Crippen LogP contribution in [0.4, 0.5) is 0 Å². The number of amides is 1. The topological polar surface area (TPSA) is 130 Å². The molecular formula is C10H21NO6. The molecule has 0 fully saturated rings. The molecule has 0 aromatic rings. The van der Waals surface area contributed by atoms with Gasteiger partial charge in [-0.25, -0.2) is 0 Å². The Balaban J connectivity index is 4.38. The van der Waals surface area contributed by atoms with Gasteiger partial charge >= 0.3 is 0 Å². The summed E-state index contributed by atoms with van der Waals surface area (Å²) in [7, 11) is 0. The van der Waals surface area contributed by atoms with E-state index in [1.165, 1.54) is 0 Å². The van der Waals surface area contributed by atoms with Crippen LogP contribution in [0.5, 0.6) is 0 Å². The lowest BCUT2D eigenvalue weighted by atomic mass is 10.0. The van der Waals surface area contributed by atoms with Crippen molar-refractivity contribution in [1.29, 1.82) is 0 Å². The number of hydrogen-bond donors (Lipinski definition) is 6. The molecule has 7 nitrogen and oxygen atoms in total. The number of aliphatic hydroxyl groups excluding tert-OH is 5. The predicted molar refractivity (Wildman–Crippen MR) is 59.0 cm³/mol. The fourth-order valence-electron chi connectivity index (χ4n) is 1.11. The van der Waals surface area contributed by atoms with Gasteiger partial charge in [-0.3, -0.25) is 4.79 Å². The number of aliphatic hydroxyl groups is 5. The number of hydrogen-bond acceptors (Lipinski definition) is 6. The Morgan fingerprint density at radius 1 is 1.18 bits per heavy atom. The van der Waals surface area contributed by atoms with Crippen molar-refractivity contribution >= 4 is 5.91 Å². The van der Waals surface area contributed by atoms with Crippen molar-refractivity contribution < 1.29 is 30.3 Å². The highest BCUT2D eigenvalue weighted by molar-refractivity contribution is 5.81. The van der Waals surface area contributed by atoms with Crippen molar-refractivity contribution in [2.24, 2.45) is 0 Å². The van der Waals surface area contributed by atoms with Gasteiger partial charge in [0.2, 0.25) is 0 Å². The fourth-order valence-corrected chi connectivity index (χ4v) is 1.11. The van der Waals surface area contributed by atoms with Crippen molar-refractivity contribution in [3.63, 3.8) is 0 Å². The molecule has 6 N–H and O–H groups in total. The van der Waals surface area contributed by atoms with E-state index in [0.29, 0.717) is 6.42 Å². The molecule has 0 spiro atoms. The minimum atomic E-state index is -1.86. The molecule has 0 unspecified atom stereocenters. The Hall–Kier alpha value is -0.730. The second kappa shape index (κ2) is 7.57. The molecule has 0 saturated carbocycles. The summed E-state index contributed by atoms with van der Waals surface area (Å²) in [6, 6.07) is -0.177. The number of carbonyl (C=O) groups excluding carboxylic acids is 1. The first kappa shape index (κ1) is 16.3. The molecular weight excluding hydrogens is 230 g/mol. The van der Waals surface area contributed by atoms with Crippen molar-refractivity contribution in [1.82, 2.24) is 5.32 Å². The zero-order chi connectivity index (χ0) is 13.6. The van der Waals surface area contributed by atoms with E-state index in [1.807, 2.05) is 6.92 Å². The van der Waals surface area contributed by atoms with Crippen LogP contribution in [-0.4, -0.2) is 68.5 Å². The Bertz CT molecular complexity index is 237. The van der Waals surface area contributed by atoms with Gasteiger partial charge in [0, 0.05) is 6.04 Å². The number of rotatable bonds is 7. The summed E-state index contributed by atoms with van der Waals surface area (Å²) in [5.74, 6) is -0.837. The zero-order valence-electron chi connectivity index (χ0n) is 9.95. The summed E-state index contributed by atoms with van der Waals surface area (Å²) in [6.07, 6.45) is -6.48. The normalized spacial score (nSPS) is 20.2. The highest BCUT2D eigenvalue weighted by Gasteiger charge is 2.34. The number of carbonyl (C=O) groups is 1. The van der Waals surface area contributed by atoms with E-state index >= 15 is 0 Å². The molecule has 0 saturated heterocycles. The lowest BCUT2D eigenvalue weighted by Crippen LogP contribution is -2.52. The van der Waals surface area contributed by atoms with Gasteiger partial charge in [0.25, 0.3) is 5.91 Å². The van der Waals surface area contributed by atoms with Crippen molar-refractivity contribution in [3.05, 3.63) is 0 Å². The maximum Gasteiger partial charge on any atom is 0.251 e. The molecule has 0 aliphatic heterocycles. The van der Waals surface area contributed by atoms with Crippen LogP contribution in [0.15, 0.2) is 0 Å². The second-order valence-corrected chi connectivity index (χ2v) is 3.99. The fraction of sp³-hybridized carbons (Fsp3) is 0.900. The quantitative estimate of drug-likeness (QED) is 0.293. The molecule has 102 valence electrons. The third kappa shape index (κ3) is 4.97. The van der Waals surface area contributed by atoms with Crippen LogP contribution in [0, 0.1) is 0 Å². The van der Waals surface area contributed by atoms with Crippen molar-refractivity contribution in [3.8, 4) is 0 Å². The first-order valence-electron chi connectivity index (χ1n) is 5.48. The van der Waals surface area contributed by atoms with Crippen LogP contribution >= 0.6 is 0 Å². The van der Waals surface area contributed by atoms with E-state index in [1.54, 1.807) is 6.92 Å².